The molecule has 1 aromatic carbocycles. The summed E-state index contributed by atoms with van der Waals surface area (Å²) in [5.41, 5.74) is 1.71. The van der Waals surface area contributed by atoms with Gasteiger partial charge in [-0.2, -0.15) is 0 Å². The highest BCUT2D eigenvalue weighted by Gasteiger charge is 2.05. The Hall–Kier alpha value is -1.06. The Kier molecular flexibility index (Phi) is 5.90. The molecule has 16 heavy (non-hydrogen) atoms. The van der Waals surface area contributed by atoms with Crippen molar-refractivity contribution in [2.45, 2.75) is 6.92 Å². The second-order valence-electron chi connectivity index (χ2n) is 3.44. The third-order valence-electron chi connectivity index (χ3n) is 2.07. The fourth-order valence-corrected chi connectivity index (χ4v) is 1.31. The lowest BCUT2D eigenvalue weighted by Gasteiger charge is -2.05. The number of ether oxygens (including phenoxy) is 1. The summed E-state index contributed by atoms with van der Waals surface area (Å²) in [6, 6.07) is 7.32. The van der Waals surface area contributed by atoms with Crippen molar-refractivity contribution in [3.63, 3.8) is 0 Å². The van der Waals surface area contributed by atoms with Gasteiger partial charge in [0.2, 0.25) is 0 Å². The summed E-state index contributed by atoms with van der Waals surface area (Å²) < 4.78 is 5.07. The molecule has 0 spiro atoms. The average molecular weight is 242 g/mol. The topological polar surface area (TPSA) is 38.3 Å². The second-order valence-corrected chi connectivity index (χ2v) is 3.82. The number of esters is 1. The van der Waals surface area contributed by atoms with Crippen LogP contribution in [0.4, 0.5) is 0 Å². The minimum Gasteiger partial charge on any atom is -0.461 e. The predicted octanol–water partition coefficient (Wildman–Crippen LogP) is 1.98. The molecule has 1 aromatic rings. The maximum atomic E-state index is 11.5. The van der Waals surface area contributed by atoms with Crippen LogP contribution in [0.2, 0.25) is 0 Å². The van der Waals surface area contributed by atoms with Crippen molar-refractivity contribution in [1.82, 2.24) is 5.32 Å². The van der Waals surface area contributed by atoms with Gasteiger partial charge in [0.1, 0.15) is 6.61 Å². The van der Waals surface area contributed by atoms with E-state index in [0.29, 0.717) is 24.6 Å². The molecular formula is C12H16ClNO2. The zero-order valence-electron chi connectivity index (χ0n) is 9.33. The molecule has 0 aromatic heterocycles. The van der Waals surface area contributed by atoms with Gasteiger partial charge in [-0.25, -0.2) is 4.79 Å². The number of benzene rings is 1. The number of aryl methyl sites for hydroxylation is 1. The van der Waals surface area contributed by atoms with E-state index in [4.69, 9.17) is 16.3 Å². The van der Waals surface area contributed by atoms with E-state index in [1.165, 1.54) is 0 Å². The van der Waals surface area contributed by atoms with Gasteiger partial charge in [-0.15, -0.1) is 11.6 Å². The Bertz CT molecular complexity index is 324. The lowest BCUT2D eigenvalue weighted by atomic mass is 10.1. The molecule has 0 unspecified atom stereocenters. The molecule has 1 N–H and O–H groups in total. The highest BCUT2D eigenvalue weighted by molar-refractivity contribution is 6.18. The largest absolute Gasteiger partial charge is 0.461 e. The second kappa shape index (κ2) is 7.25. The van der Waals surface area contributed by atoms with E-state index >= 15 is 0 Å². The molecule has 88 valence electrons. The minimum absolute atomic E-state index is 0.285. The van der Waals surface area contributed by atoms with Crippen LogP contribution in [0, 0.1) is 6.92 Å². The number of alkyl halides is 1. The minimum atomic E-state index is -0.285. The van der Waals surface area contributed by atoms with Crippen molar-refractivity contribution in [3.8, 4) is 0 Å². The fourth-order valence-electron chi connectivity index (χ4n) is 1.18. The maximum Gasteiger partial charge on any atom is 0.338 e. The van der Waals surface area contributed by atoms with Crippen molar-refractivity contribution in [2.24, 2.45) is 0 Å². The van der Waals surface area contributed by atoms with E-state index in [9.17, 15) is 4.79 Å². The molecule has 0 bridgehead atoms. The number of carbonyl (C=O) groups is 1. The Labute approximate surface area is 101 Å². The average Bonchev–Trinajstić information content (AvgIpc) is 2.29. The van der Waals surface area contributed by atoms with Crippen LogP contribution in [0.5, 0.6) is 0 Å². The molecule has 3 nitrogen and oxygen atoms in total. The number of halogens is 1. The van der Waals surface area contributed by atoms with E-state index in [-0.39, 0.29) is 5.97 Å². The Morgan fingerprint density at radius 3 is 2.62 bits per heavy atom. The fraction of sp³-hybridized carbons (Fsp3) is 0.417. The molecule has 0 saturated carbocycles. The number of nitrogens with one attached hydrogen (secondary N) is 1. The summed E-state index contributed by atoms with van der Waals surface area (Å²) in [5.74, 6) is 0.277. The molecule has 0 amide bonds. The van der Waals surface area contributed by atoms with Gasteiger partial charge >= 0.3 is 5.97 Å². The molecular weight excluding hydrogens is 226 g/mol. The molecule has 0 saturated heterocycles. The molecule has 0 aliphatic heterocycles. The summed E-state index contributed by atoms with van der Waals surface area (Å²) in [6.45, 7) is 3.70. The standard InChI is InChI=1S/C12H16ClNO2/c1-10-2-4-11(5-3-10)12(15)16-9-8-14-7-6-13/h2-5,14H,6-9H2,1H3. The van der Waals surface area contributed by atoms with Gasteiger partial charge in [0.15, 0.2) is 0 Å². The summed E-state index contributed by atoms with van der Waals surface area (Å²) in [4.78, 5) is 11.5. The van der Waals surface area contributed by atoms with Crippen LogP contribution in [0.1, 0.15) is 15.9 Å². The summed E-state index contributed by atoms with van der Waals surface area (Å²) in [5, 5.41) is 3.04. The lowest BCUT2D eigenvalue weighted by molar-refractivity contribution is 0.0509. The highest BCUT2D eigenvalue weighted by atomic mass is 35.5. The van der Waals surface area contributed by atoms with Gasteiger partial charge in [0.25, 0.3) is 0 Å². The number of hydrogen-bond acceptors (Lipinski definition) is 3. The maximum absolute atomic E-state index is 11.5. The van der Waals surface area contributed by atoms with E-state index < -0.39 is 0 Å². The molecule has 0 aliphatic carbocycles. The van der Waals surface area contributed by atoms with Crippen LogP contribution in [-0.2, 0) is 4.74 Å². The third-order valence-corrected chi connectivity index (χ3v) is 2.26. The van der Waals surface area contributed by atoms with Crippen molar-refractivity contribution in [2.75, 3.05) is 25.6 Å². The van der Waals surface area contributed by atoms with Crippen LogP contribution in [-0.4, -0.2) is 31.5 Å². The number of hydrogen-bond donors (Lipinski definition) is 1. The smallest absolute Gasteiger partial charge is 0.338 e. The van der Waals surface area contributed by atoms with Crippen LogP contribution >= 0.6 is 11.6 Å². The third kappa shape index (κ3) is 4.64. The van der Waals surface area contributed by atoms with E-state index in [0.717, 1.165) is 12.1 Å². The van der Waals surface area contributed by atoms with E-state index in [1.807, 2.05) is 19.1 Å². The normalized spacial score (nSPS) is 10.1. The Morgan fingerprint density at radius 2 is 2.00 bits per heavy atom. The summed E-state index contributed by atoms with van der Waals surface area (Å²) >= 11 is 5.48. The first-order valence-corrected chi connectivity index (χ1v) is 5.78. The van der Waals surface area contributed by atoms with Crippen LogP contribution in [0.25, 0.3) is 0 Å². The van der Waals surface area contributed by atoms with Gasteiger partial charge < -0.3 is 10.1 Å². The zero-order chi connectivity index (χ0) is 11.8. The lowest BCUT2D eigenvalue weighted by Crippen LogP contribution is -2.23. The first-order chi connectivity index (χ1) is 7.74. The highest BCUT2D eigenvalue weighted by Crippen LogP contribution is 2.04. The van der Waals surface area contributed by atoms with Crippen molar-refractivity contribution in [1.29, 1.82) is 0 Å². The van der Waals surface area contributed by atoms with Crippen molar-refractivity contribution in [3.05, 3.63) is 35.4 Å². The van der Waals surface area contributed by atoms with Gasteiger partial charge in [-0.3, -0.25) is 0 Å². The Balaban J connectivity index is 2.27. The van der Waals surface area contributed by atoms with Crippen LogP contribution in [0.3, 0.4) is 0 Å². The predicted molar refractivity (Wildman–Crippen MR) is 65.1 cm³/mol. The molecule has 0 radical (unpaired) electrons. The van der Waals surface area contributed by atoms with E-state index in [2.05, 4.69) is 5.32 Å². The SMILES string of the molecule is Cc1ccc(C(=O)OCCNCCCl)cc1. The molecule has 1 rings (SSSR count). The van der Waals surface area contributed by atoms with Gasteiger partial charge in [0.05, 0.1) is 5.56 Å². The zero-order valence-corrected chi connectivity index (χ0v) is 10.1. The Morgan fingerprint density at radius 1 is 1.31 bits per heavy atom. The summed E-state index contributed by atoms with van der Waals surface area (Å²) in [7, 11) is 0. The first kappa shape index (κ1) is 13.0. The summed E-state index contributed by atoms with van der Waals surface area (Å²) in [6.07, 6.45) is 0. The molecule has 0 fully saturated rings. The molecule has 0 heterocycles. The van der Waals surface area contributed by atoms with Gasteiger partial charge in [0, 0.05) is 19.0 Å². The number of rotatable bonds is 6. The van der Waals surface area contributed by atoms with Crippen LogP contribution < -0.4 is 5.32 Å². The van der Waals surface area contributed by atoms with Crippen molar-refractivity contribution >= 4 is 17.6 Å². The molecule has 4 heteroatoms. The molecule has 0 atom stereocenters. The number of carbonyl (C=O) groups excluding carboxylic acids is 1. The first-order valence-electron chi connectivity index (χ1n) is 5.24. The quantitative estimate of drug-likeness (QED) is 0.470. The van der Waals surface area contributed by atoms with Gasteiger partial charge in [-0.1, -0.05) is 17.7 Å². The van der Waals surface area contributed by atoms with Crippen LogP contribution in [0.15, 0.2) is 24.3 Å². The molecule has 0 aliphatic rings. The monoisotopic (exact) mass is 241 g/mol. The van der Waals surface area contributed by atoms with E-state index in [1.54, 1.807) is 12.1 Å². The van der Waals surface area contributed by atoms with Gasteiger partial charge in [-0.05, 0) is 19.1 Å². The van der Waals surface area contributed by atoms with Crippen molar-refractivity contribution < 1.29 is 9.53 Å².